The Hall–Kier alpha value is -3.71. The van der Waals surface area contributed by atoms with Gasteiger partial charge in [-0.25, -0.2) is 9.79 Å². The van der Waals surface area contributed by atoms with Crippen molar-refractivity contribution in [2.45, 2.75) is 26.8 Å². The molecule has 0 fully saturated rings. The first kappa shape index (κ1) is 26.4. The second-order valence-electron chi connectivity index (χ2n) is 7.69. The van der Waals surface area contributed by atoms with Crippen molar-refractivity contribution in [1.82, 2.24) is 4.57 Å². The van der Waals surface area contributed by atoms with Gasteiger partial charge in [-0.3, -0.25) is 19.5 Å². The van der Waals surface area contributed by atoms with Crippen LogP contribution in [0.25, 0.3) is 6.08 Å². The van der Waals surface area contributed by atoms with Gasteiger partial charge >= 0.3 is 11.9 Å². The average molecular weight is 592 g/mol. The van der Waals surface area contributed by atoms with Gasteiger partial charge in [-0.1, -0.05) is 27.3 Å². The molecule has 2 aromatic heterocycles. The van der Waals surface area contributed by atoms with Crippen LogP contribution in [-0.4, -0.2) is 35.8 Å². The first-order valence-corrected chi connectivity index (χ1v) is 12.7. The highest BCUT2D eigenvalue weighted by Gasteiger charge is 2.35. The van der Waals surface area contributed by atoms with Crippen molar-refractivity contribution >= 4 is 45.2 Å². The van der Waals surface area contributed by atoms with E-state index in [1.165, 1.54) is 29.9 Å². The van der Waals surface area contributed by atoms with Crippen LogP contribution in [0, 0.1) is 10.1 Å². The van der Waals surface area contributed by atoms with E-state index in [0.29, 0.717) is 38.6 Å². The number of nitro groups is 1. The lowest BCUT2D eigenvalue weighted by atomic mass is 9.95. The zero-order valence-corrected chi connectivity index (χ0v) is 22.7. The fourth-order valence-electron chi connectivity index (χ4n) is 3.92. The standard InChI is InChI=1S/C24H22BrN3O8S/c1-5-34-17-11-15(25)14(10-16(17)33-4)21-20(23(30)35-6-2)12(3)26-24-27(21)22(29)18(37-24)9-13-7-8-19(36-13)28(31)32/h7-11,21H,5-6H2,1-4H3/b18-9+/t21-/m1/s1. The molecule has 1 aliphatic rings. The van der Waals surface area contributed by atoms with E-state index in [9.17, 15) is 19.7 Å². The Morgan fingerprint density at radius 2 is 2.05 bits per heavy atom. The molecular formula is C24H22BrN3O8S. The van der Waals surface area contributed by atoms with Gasteiger partial charge in [-0.2, -0.15) is 0 Å². The normalized spacial score (nSPS) is 15.3. The molecule has 0 unspecified atom stereocenters. The lowest BCUT2D eigenvalue weighted by molar-refractivity contribution is -0.402. The summed E-state index contributed by atoms with van der Waals surface area (Å²) in [5.41, 5.74) is 0.687. The van der Waals surface area contributed by atoms with Crippen molar-refractivity contribution in [1.29, 1.82) is 0 Å². The number of nitrogens with zero attached hydrogens (tertiary/aromatic N) is 3. The van der Waals surface area contributed by atoms with Crippen LogP contribution in [0.1, 0.15) is 38.1 Å². The van der Waals surface area contributed by atoms with Crippen molar-refractivity contribution in [2.24, 2.45) is 4.99 Å². The van der Waals surface area contributed by atoms with Gasteiger partial charge in [0.05, 0.1) is 48.2 Å². The van der Waals surface area contributed by atoms with Gasteiger partial charge in [-0.05, 0) is 44.5 Å². The molecule has 0 aliphatic carbocycles. The minimum Gasteiger partial charge on any atom is -0.493 e. The molecule has 3 aromatic rings. The molecule has 0 spiro atoms. The number of benzene rings is 1. The minimum absolute atomic E-state index is 0.137. The molecule has 4 rings (SSSR count). The van der Waals surface area contributed by atoms with Crippen LogP contribution >= 0.6 is 27.3 Å². The number of esters is 1. The second kappa shape index (κ2) is 10.7. The average Bonchev–Trinajstić information content (AvgIpc) is 3.44. The number of thiazole rings is 1. The number of rotatable bonds is 8. The van der Waals surface area contributed by atoms with Crippen molar-refractivity contribution in [3.8, 4) is 11.5 Å². The number of methoxy groups -OCH3 is 1. The van der Waals surface area contributed by atoms with Crippen LogP contribution in [0.2, 0.25) is 0 Å². The summed E-state index contributed by atoms with van der Waals surface area (Å²) in [6, 6.07) is 5.12. The number of furan rings is 1. The molecule has 194 valence electrons. The second-order valence-corrected chi connectivity index (χ2v) is 9.56. The summed E-state index contributed by atoms with van der Waals surface area (Å²) in [7, 11) is 1.50. The third-order valence-electron chi connectivity index (χ3n) is 5.46. The molecule has 3 heterocycles. The predicted octanol–water partition coefficient (Wildman–Crippen LogP) is 3.47. The molecule has 1 atom stereocenters. The van der Waals surface area contributed by atoms with Gasteiger partial charge in [0, 0.05) is 10.5 Å². The van der Waals surface area contributed by atoms with Crippen LogP contribution in [0.5, 0.6) is 11.5 Å². The van der Waals surface area contributed by atoms with Crippen LogP contribution in [-0.2, 0) is 9.53 Å². The lowest BCUT2D eigenvalue weighted by Crippen LogP contribution is -2.40. The number of allylic oxidation sites excluding steroid dienone is 1. The molecule has 0 radical (unpaired) electrons. The summed E-state index contributed by atoms with van der Waals surface area (Å²) in [6.07, 6.45) is 1.41. The zero-order chi connectivity index (χ0) is 26.9. The van der Waals surface area contributed by atoms with E-state index in [1.54, 1.807) is 26.0 Å². The highest BCUT2D eigenvalue weighted by Crippen LogP contribution is 2.41. The zero-order valence-electron chi connectivity index (χ0n) is 20.3. The van der Waals surface area contributed by atoms with Crippen molar-refractivity contribution in [3.05, 3.63) is 81.1 Å². The van der Waals surface area contributed by atoms with Crippen molar-refractivity contribution < 1.29 is 28.3 Å². The Labute approximate surface area is 222 Å². The first-order chi connectivity index (χ1) is 17.7. The highest BCUT2D eigenvalue weighted by molar-refractivity contribution is 9.10. The number of ether oxygens (including phenoxy) is 3. The van der Waals surface area contributed by atoms with Gasteiger partial charge in [-0.15, -0.1) is 0 Å². The van der Waals surface area contributed by atoms with Crippen LogP contribution in [0.15, 0.2) is 54.2 Å². The smallest absolute Gasteiger partial charge is 0.433 e. The molecular weight excluding hydrogens is 570 g/mol. The molecule has 0 saturated heterocycles. The minimum atomic E-state index is -0.901. The number of fused-ring (bicyclic) bond motifs is 1. The number of carbonyl (C=O) groups is 1. The van der Waals surface area contributed by atoms with E-state index < -0.39 is 28.4 Å². The number of hydrogen-bond acceptors (Lipinski definition) is 10. The number of carbonyl (C=O) groups excluding carboxylic acids is 1. The van der Waals surface area contributed by atoms with Crippen LogP contribution in [0.4, 0.5) is 5.88 Å². The third-order valence-corrected chi connectivity index (χ3v) is 7.13. The van der Waals surface area contributed by atoms with Crippen molar-refractivity contribution in [2.75, 3.05) is 20.3 Å². The van der Waals surface area contributed by atoms with E-state index >= 15 is 0 Å². The topological polar surface area (TPSA) is 135 Å². The SMILES string of the molecule is CCOC(=O)C1=C(C)N=c2s/c(=C/c3ccc([N+](=O)[O-])o3)c(=O)n2[C@@H]1c1cc(OC)c(OCC)cc1Br. The van der Waals surface area contributed by atoms with E-state index in [2.05, 4.69) is 20.9 Å². The number of hydrogen-bond donors (Lipinski definition) is 0. The monoisotopic (exact) mass is 591 g/mol. The van der Waals surface area contributed by atoms with Gasteiger partial charge in [0.25, 0.3) is 5.56 Å². The maximum atomic E-state index is 13.7. The van der Waals surface area contributed by atoms with Gasteiger partial charge < -0.3 is 18.6 Å². The Morgan fingerprint density at radius 1 is 1.30 bits per heavy atom. The Bertz CT molecular complexity index is 1600. The van der Waals surface area contributed by atoms with Crippen molar-refractivity contribution in [3.63, 3.8) is 0 Å². The molecule has 0 bridgehead atoms. The molecule has 1 aliphatic heterocycles. The van der Waals surface area contributed by atoms with E-state index in [4.69, 9.17) is 18.6 Å². The molecule has 0 saturated carbocycles. The summed E-state index contributed by atoms with van der Waals surface area (Å²) < 4.78 is 23.9. The van der Waals surface area contributed by atoms with E-state index in [-0.39, 0.29) is 22.5 Å². The molecule has 1 aromatic carbocycles. The summed E-state index contributed by atoms with van der Waals surface area (Å²) in [4.78, 5) is 41.9. The lowest BCUT2D eigenvalue weighted by Gasteiger charge is -2.26. The summed E-state index contributed by atoms with van der Waals surface area (Å²) in [5, 5.41) is 11.0. The van der Waals surface area contributed by atoms with E-state index in [1.807, 2.05) is 6.92 Å². The van der Waals surface area contributed by atoms with Crippen LogP contribution in [0.3, 0.4) is 0 Å². The molecule has 37 heavy (non-hydrogen) atoms. The maximum absolute atomic E-state index is 13.7. The molecule has 11 nitrogen and oxygen atoms in total. The van der Waals surface area contributed by atoms with Gasteiger partial charge in [0.1, 0.15) is 10.7 Å². The number of aromatic nitrogens is 1. The Balaban J connectivity index is 1.98. The quantitative estimate of drug-likeness (QED) is 0.221. The summed E-state index contributed by atoms with van der Waals surface area (Å²) in [5.74, 6) is -0.000253. The molecule has 0 amide bonds. The predicted molar refractivity (Wildman–Crippen MR) is 138 cm³/mol. The summed E-state index contributed by atoms with van der Waals surface area (Å²) in [6.45, 7) is 5.76. The molecule has 0 N–H and O–H groups in total. The largest absolute Gasteiger partial charge is 0.493 e. The first-order valence-electron chi connectivity index (χ1n) is 11.1. The van der Waals surface area contributed by atoms with E-state index in [0.717, 1.165) is 11.3 Å². The molecule has 13 heteroatoms. The highest BCUT2D eigenvalue weighted by atomic mass is 79.9. The number of halogens is 1. The summed E-state index contributed by atoms with van der Waals surface area (Å²) >= 11 is 4.64. The van der Waals surface area contributed by atoms with Crippen LogP contribution < -0.4 is 24.4 Å². The fraction of sp³-hybridized carbons (Fsp3) is 0.292. The van der Waals surface area contributed by atoms with Gasteiger partial charge in [0.2, 0.25) is 0 Å². The Morgan fingerprint density at radius 3 is 2.68 bits per heavy atom. The Kier molecular flexibility index (Phi) is 7.64. The third kappa shape index (κ3) is 4.96. The maximum Gasteiger partial charge on any atom is 0.433 e. The fourth-order valence-corrected chi connectivity index (χ4v) is 5.49. The van der Waals surface area contributed by atoms with Gasteiger partial charge in [0.15, 0.2) is 16.3 Å².